The van der Waals surface area contributed by atoms with E-state index in [0.717, 1.165) is 22.9 Å². The number of nitrogens with one attached hydrogen (secondary N) is 1. The maximum Gasteiger partial charge on any atom is 0.419 e. The Bertz CT molecular complexity index is 1820. The molecule has 0 saturated carbocycles. The third-order valence-electron chi connectivity index (χ3n) is 9.01. The number of aromatic nitrogens is 1. The number of carbonyl (C=O) groups excluding carboxylic acids is 1. The lowest BCUT2D eigenvalue weighted by Crippen LogP contribution is -2.40. The van der Waals surface area contributed by atoms with Crippen LogP contribution in [0, 0.1) is 18.6 Å². The van der Waals surface area contributed by atoms with E-state index in [2.05, 4.69) is 5.32 Å². The maximum atomic E-state index is 15.9. The van der Waals surface area contributed by atoms with Gasteiger partial charge in [0.2, 0.25) is 5.91 Å². The number of nitrogens with zero attached hydrogens (tertiary/aromatic N) is 2. The second kappa shape index (κ2) is 16.0. The Morgan fingerprint density at radius 3 is 2.20 bits per heavy atom. The predicted molar refractivity (Wildman–Crippen MR) is 173 cm³/mol. The predicted octanol–water partition coefficient (Wildman–Crippen LogP) is 8.01. The Morgan fingerprint density at radius 1 is 0.922 bits per heavy atom. The zero-order chi connectivity index (χ0) is 37.8. The van der Waals surface area contributed by atoms with Gasteiger partial charge in [0.15, 0.2) is 0 Å². The van der Waals surface area contributed by atoms with E-state index in [0.29, 0.717) is 43.4 Å². The minimum Gasteiger partial charge on any atom is -0.481 e. The van der Waals surface area contributed by atoms with Gasteiger partial charge in [-0.2, -0.15) is 26.3 Å². The number of benzene rings is 2. The Balaban J connectivity index is 1.94. The van der Waals surface area contributed by atoms with E-state index in [4.69, 9.17) is 0 Å². The molecule has 15 heteroatoms. The van der Waals surface area contributed by atoms with Crippen molar-refractivity contribution in [3.63, 3.8) is 0 Å². The topological polar surface area (TPSA) is 91.6 Å². The van der Waals surface area contributed by atoms with E-state index in [1.165, 1.54) is 13.0 Å². The number of aliphatic carboxylic acids is 1. The number of carboxylic acid groups (broad SMARTS) is 1. The van der Waals surface area contributed by atoms with Gasteiger partial charge in [0.1, 0.15) is 17.7 Å². The molecule has 2 heterocycles. The molecule has 1 aliphatic rings. The summed E-state index contributed by atoms with van der Waals surface area (Å²) in [7, 11) is 3.27. The lowest BCUT2D eigenvalue weighted by Gasteiger charge is -2.27. The van der Waals surface area contributed by atoms with Crippen LogP contribution in [0.15, 0.2) is 41.3 Å². The van der Waals surface area contributed by atoms with Crippen LogP contribution in [-0.2, 0) is 34.8 Å². The molecule has 2 aromatic carbocycles. The summed E-state index contributed by atoms with van der Waals surface area (Å²) in [6, 6.07) is 0.821. The summed E-state index contributed by atoms with van der Waals surface area (Å²) < 4.78 is 116. The van der Waals surface area contributed by atoms with Crippen LogP contribution < -0.4 is 10.9 Å². The normalized spacial score (nSPS) is 18.0. The number of carbonyl (C=O) groups is 2. The van der Waals surface area contributed by atoms with Gasteiger partial charge in [-0.1, -0.05) is 25.7 Å². The fourth-order valence-corrected chi connectivity index (χ4v) is 6.58. The zero-order valence-corrected chi connectivity index (χ0v) is 28.3. The van der Waals surface area contributed by atoms with Crippen LogP contribution in [-0.4, -0.2) is 47.1 Å². The highest BCUT2D eigenvalue weighted by molar-refractivity contribution is 5.82. The van der Waals surface area contributed by atoms with Crippen LogP contribution >= 0.6 is 0 Å². The Morgan fingerprint density at radius 2 is 1.57 bits per heavy atom. The van der Waals surface area contributed by atoms with Crippen molar-refractivity contribution < 1.29 is 49.8 Å². The number of rotatable bonds is 6. The quantitative estimate of drug-likeness (QED) is 0.251. The largest absolute Gasteiger partial charge is 0.481 e. The highest BCUT2D eigenvalue weighted by Gasteiger charge is 2.39. The molecule has 2 bridgehead atoms. The van der Waals surface area contributed by atoms with E-state index < -0.39 is 76.6 Å². The van der Waals surface area contributed by atoms with Crippen molar-refractivity contribution in [3.8, 4) is 11.1 Å². The van der Waals surface area contributed by atoms with Gasteiger partial charge in [-0.05, 0) is 98.8 Å². The molecule has 0 fully saturated rings. The molecule has 278 valence electrons. The monoisotopic (exact) mass is 729 g/mol. The highest BCUT2D eigenvalue weighted by Crippen LogP contribution is 2.41. The van der Waals surface area contributed by atoms with Gasteiger partial charge in [0.05, 0.1) is 23.6 Å². The summed E-state index contributed by atoms with van der Waals surface area (Å²) in [5.41, 5.74) is -4.54. The van der Waals surface area contributed by atoms with E-state index in [1.807, 2.05) is 0 Å². The molecular formula is C36H39F8N3O4. The lowest BCUT2D eigenvalue weighted by molar-refractivity contribution is -0.140. The minimum atomic E-state index is -5.26. The van der Waals surface area contributed by atoms with Crippen LogP contribution in [0.5, 0.6) is 0 Å². The number of halogens is 8. The van der Waals surface area contributed by atoms with Gasteiger partial charge < -0.3 is 19.9 Å². The molecule has 0 saturated heterocycles. The average Bonchev–Trinajstić information content (AvgIpc) is 3.00. The molecule has 0 radical (unpaired) electrons. The van der Waals surface area contributed by atoms with Crippen molar-refractivity contribution in [1.29, 1.82) is 0 Å². The first-order valence-electron chi connectivity index (χ1n) is 16.5. The number of likely N-dealkylation sites (N-methyl/N-ethyl adjacent to an activating group) is 1. The number of hydrogen-bond acceptors (Lipinski definition) is 4. The highest BCUT2D eigenvalue weighted by atomic mass is 19.4. The molecule has 1 aliphatic heterocycles. The zero-order valence-electron chi connectivity index (χ0n) is 28.3. The van der Waals surface area contributed by atoms with Gasteiger partial charge in [-0.3, -0.25) is 14.4 Å². The third kappa shape index (κ3) is 9.75. The lowest BCUT2D eigenvalue weighted by atomic mass is 9.87. The van der Waals surface area contributed by atoms with E-state index in [9.17, 15) is 50.2 Å². The number of alkyl halides is 6. The summed E-state index contributed by atoms with van der Waals surface area (Å²) in [6.45, 7) is 1.64. The number of fused-ring (bicyclic) bond motifs is 4. The van der Waals surface area contributed by atoms with Crippen LogP contribution in [0.4, 0.5) is 35.1 Å². The van der Waals surface area contributed by atoms with Crippen molar-refractivity contribution in [2.24, 2.45) is 0 Å². The molecule has 0 unspecified atom stereocenters. The molecule has 2 N–H and O–H groups in total. The molecule has 2 atom stereocenters. The molecular weight excluding hydrogens is 690 g/mol. The summed E-state index contributed by atoms with van der Waals surface area (Å²) in [4.78, 5) is 40.9. The maximum absolute atomic E-state index is 15.9. The summed E-state index contributed by atoms with van der Waals surface area (Å²) in [6.07, 6.45) is -7.79. The SMILES string of the molecule is Cc1cc(F)cc2c1-c1cc(c(F)c(C(F)(F)F)c1)[C@H](CC(=O)O)NC(=O)[C@@H](n1cc(CCN(C)C)c(C(F)(F)F)cc1=O)CCCCCCC2. The molecule has 4 rings (SSSR count). The second-order valence-electron chi connectivity index (χ2n) is 13.2. The summed E-state index contributed by atoms with van der Waals surface area (Å²) >= 11 is 0. The molecule has 0 spiro atoms. The summed E-state index contributed by atoms with van der Waals surface area (Å²) in [5.74, 6) is -5.16. The molecule has 7 nitrogen and oxygen atoms in total. The van der Waals surface area contributed by atoms with Gasteiger partial charge >= 0.3 is 18.3 Å². The van der Waals surface area contributed by atoms with Crippen molar-refractivity contribution in [3.05, 3.63) is 91.9 Å². The first kappa shape index (κ1) is 39.5. The first-order valence-corrected chi connectivity index (χ1v) is 16.5. The second-order valence-corrected chi connectivity index (χ2v) is 13.2. The molecule has 51 heavy (non-hydrogen) atoms. The van der Waals surface area contributed by atoms with Crippen molar-refractivity contribution in [1.82, 2.24) is 14.8 Å². The van der Waals surface area contributed by atoms with Crippen molar-refractivity contribution >= 4 is 11.9 Å². The minimum absolute atomic E-state index is 0.104. The van der Waals surface area contributed by atoms with Crippen LogP contribution in [0.2, 0.25) is 0 Å². The summed E-state index contributed by atoms with van der Waals surface area (Å²) in [5, 5.41) is 12.1. The smallest absolute Gasteiger partial charge is 0.419 e. The molecule has 3 aromatic rings. The fourth-order valence-electron chi connectivity index (χ4n) is 6.58. The number of carboxylic acids is 1. The van der Waals surface area contributed by atoms with Crippen molar-refractivity contribution in [2.75, 3.05) is 20.6 Å². The molecule has 1 amide bonds. The van der Waals surface area contributed by atoms with Gasteiger partial charge in [-0.25, -0.2) is 8.78 Å². The average molecular weight is 730 g/mol. The van der Waals surface area contributed by atoms with Crippen LogP contribution in [0.1, 0.15) is 90.4 Å². The third-order valence-corrected chi connectivity index (χ3v) is 9.01. The number of amides is 1. The van der Waals surface area contributed by atoms with Gasteiger partial charge in [-0.15, -0.1) is 0 Å². The van der Waals surface area contributed by atoms with E-state index in [-0.39, 0.29) is 54.5 Å². The molecule has 0 aliphatic carbocycles. The van der Waals surface area contributed by atoms with Crippen LogP contribution in [0.25, 0.3) is 11.1 Å². The Labute approximate surface area is 289 Å². The fraction of sp³-hybridized carbons (Fsp3) is 0.472. The van der Waals surface area contributed by atoms with E-state index in [1.54, 1.807) is 19.0 Å². The van der Waals surface area contributed by atoms with Gasteiger partial charge in [0, 0.05) is 24.4 Å². The van der Waals surface area contributed by atoms with Crippen LogP contribution in [0.3, 0.4) is 0 Å². The number of pyridine rings is 1. The Hall–Kier alpha value is -4.27. The van der Waals surface area contributed by atoms with E-state index >= 15 is 4.39 Å². The standard InChI is InChI=1S/C36H39F8N3O4/c1-20-13-24(37)14-21-9-7-5-4-6-8-10-29(47-19-22(11-12-46(2)3)26(17-30(47)48)35(39,40)41)34(51)45-28(18-31(49)50)25-15-23(32(20)21)16-27(33(25)38)36(42,43)44/h13-17,19,28-29H,4-12,18H2,1-3H3,(H,45,51)(H,49,50)/t28-,29-/m0/s1. The number of hydrogen-bond donors (Lipinski definition) is 2. The first-order chi connectivity index (χ1) is 23.8. The van der Waals surface area contributed by atoms with Crippen molar-refractivity contribution in [2.45, 2.75) is 89.1 Å². The Kier molecular flexibility index (Phi) is 12.4. The number of aryl methyl sites for hydroxylation is 2. The van der Waals surface area contributed by atoms with Gasteiger partial charge in [0.25, 0.3) is 5.56 Å². The molecule has 1 aromatic heterocycles.